The van der Waals surface area contributed by atoms with Crippen LogP contribution in [0.2, 0.25) is 0 Å². The van der Waals surface area contributed by atoms with Crippen molar-refractivity contribution in [3.05, 3.63) is 47.5 Å². The minimum atomic E-state index is 0.419. The zero-order valence-corrected chi connectivity index (χ0v) is 17.2. The first-order chi connectivity index (χ1) is 14.2. The fourth-order valence-corrected chi connectivity index (χ4v) is 5.10. The lowest BCUT2D eigenvalue weighted by Crippen LogP contribution is -2.39. The molecule has 2 bridgehead atoms. The summed E-state index contributed by atoms with van der Waals surface area (Å²) in [5.74, 6) is 2.84. The van der Waals surface area contributed by atoms with Gasteiger partial charge in [0, 0.05) is 34.2 Å². The summed E-state index contributed by atoms with van der Waals surface area (Å²) in [7, 11) is 1.71. The van der Waals surface area contributed by atoms with Crippen molar-refractivity contribution in [1.82, 2.24) is 10.2 Å². The van der Waals surface area contributed by atoms with Gasteiger partial charge in [-0.3, -0.25) is 0 Å². The summed E-state index contributed by atoms with van der Waals surface area (Å²) in [4.78, 5) is 0. The minimum Gasteiger partial charge on any atom is -0.496 e. The van der Waals surface area contributed by atoms with Gasteiger partial charge in [-0.05, 0) is 43.9 Å². The van der Waals surface area contributed by atoms with Gasteiger partial charge in [0.1, 0.15) is 11.4 Å². The summed E-state index contributed by atoms with van der Waals surface area (Å²) in [6.07, 6.45) is 2.46. The summed E-state index contributed by atoms with van der Waals surface area (Å²) in [6, 6.07) is 13.0. The van der Waals surface area contributed by atoms with Crippen LogP contribution in [0.25, 0.3) is 22.0 Å². The molecule has 5 nitrogen and oxygen atoms in total. The number of nitrogens with zero attached hydrogens (tertiary/aromatic N) is 2. The van der Waals surface area contributed by atoms with Crippen molar-refractivity contribution in [2.75, 3.05) is 25.6 Å². The number of anilines is 1. The van der Waals surface area contributed by atoms with Gasteiger partial charge in [0.15, 0.2) is 5.82 Å². The van der Waals surface area contributed by atoms with Crippen molar-refractivity contribution in [2.45, 2.75) is 32.7 Å². The lowest BCUT2D eigenvalue weighted by molar-refractivity contribution is 0.0392. The number of hydrogen-bond donors (Lipinski definition) is 1. The largest absolute Gasteiger partial charge is 0.496 e. The van der Waals surface area contributed by atoms with Crippen molar-refractivity contribution < 1.29 is 9.47 Å². The van der Waals surface area contributed by atoms with Gasteiger partial charge < -0.3 is 14.8 Å². The normalized spacial score (nSPS) is 23.3. The van der Waals surface area contributed by atoms with E-state index in [2.05, 4.69) is 65.8 Å². The molecule has 2 aromatic carbocycles. The number of aromatic nitrogens is 2. The molecule has 1 saturated carbocycles. The third-order valence-electron chi connectivity index (χ3n) is 6.48. The molecule has 2 heterocycles. The summed E-state index contributed by atoms with van der Waals surface area (Å²) in [5, 5.41) is 15.3. The van der Waals surface area contributed by atoms with Gasteiger partial charge in [-0.1, -0.05) is 30.3 Å². The van der Waals surface area contributed by atoms with E-state index in [1.54, 1.807) is 7.11 Å². The number of hydrogen-bond acceptors (Lipinski definition) is 5. The molecule has 1 saturated heterocycles. The van der Waals surface area contributed by atoms with E-state index in [1.165, 1.54) is 18.4 Å². The van der Waals surface area contributed by atoms with Crippen molar-refractivity contribution in [3.8, 4) is 17.0 Å². The molecule has 0 radical (unpaired) electrons. The van der Waals surface area contributed by atoms with E-state index in [9.17, 15) is 0 Å². The first-order valence-electron chi connectivity index (χ1n) is 10.4. The number of methoxy groups -OCH3 is 1. The molecule has 3 aromatic rings. The first-order valence-corrected chi connectivity index (χ1v) is 10.4. The molecule has 0 amide bonds. The van der Waals surface area contributed by atoms with Crippen LogP contribution in [0.3, 0.4) is 0 Å². The number of ether oxygens (including phenoxy) is 2. The van der Waals surface area contributed by atoms with Gasteiger partial charge >= 0.3 is 0 Å². The highest BCUT2D eigenvalue weighted by molar-refractivity contribution is 6.01. The Morgan fingerprint density at radius 1 is 1.00 bits per heavy atom. The quantitative estimate of drug-likeness (QED) is 0.697. The average molecular weight is 389 g/mol. The van der Waals surface area contributed by atoms with E-state index in [4.69, 9.17) is 9.47 Å². The highest BCUT2D eigenvalue weighted by atomic mass is 16.5. The zero-order chi connectivity index (χ0) is 20.0. The number of aryl methyl sites for hydroxylation is 2. The highest BCUT2D eigenvalue weighted by Gasteiger charge is 2.40. The predicted molar refractivity (Wildman–Crippen MR) is 115 cm³/mol. The molecule has 1 aliphatic heterocycles. The van der Waals surface area contributed by atoms with E-state index in [0.717, 1.165) is 52.4 Å². The zero-order valence-electron chi connectivity index (χ0n) is 17.2. The Morgan fingerprint density at radius 2 is 1.72 bits per heavy atom. The SMILES string of the molecule is COc1cc(C)cc(C)c1-c1nnc(NC2C3CCC2COC3)c2ccccc12. The lowest BCUT2D eigenvalue weighted by atomic mass is 9.95. The van der Waals surface area contributed by atoms with Crippen LogP contribution in [-0.4, -0.2) is 36.6 Å². The molecule has 0 spiro atoms. The van der Waals surface area contributed by atoms with Gasteiger partial charge in [0.2, 0.25) is 0 Å². The van der Waals surface area contributed by atoms with Crippen LogP contribution < -0.4 is 10.1 Å². The lowest BCUT2D eigenvalue weighted by Gasteiger charge is -2.31. The average Bonchev–Trinajstić information content (AvgIpc) is 2.94. The Labute approximate surface area is 171 Å². The van der Waals surface area contributed by atoms with Crippen LogP contribution >= 0.6 is 0 Å². The predicted octanol–water partition coefficient (Wildman–Crippen LogP) is 4.76. The van der Waals surface area contributed by atoms with Crippen LogP contribution in [0, 0.1) is 25.7 Å². The topological polar surface area (TPSA) is 56.3 Å². The Hall–Kier alpha value is -2.66. The Balaban J connectivity index is 1.61. The summed E-state index contributed by atoms with van der Waals surface area (Å²) < 4.78 is 11.4. The standard InChI is InChI=1S/C24H27N3O2/c1-14-10-15(2)21(20(11-14)28-3)23-18-6-4-5-7-19(18)24(27-26-23)25-22-16-8-9-17(22)13-29-12-16/h4-7,10-11,16-17,22H,8-9,12-13H2,1-3H3,(H,25,27). The molecule has 2 aliphatic rings. The second-order valence-corrected chi connectivity index (χ2v) is 8.41. The minimum absolute atomic E-state index is 0.419. The molecular formula is C24H27N3O2. The van der Waals surface area contributed by atoms with Gasteiger partial charge in [0.25, 0.3) is 0 Å². The van der Waals surface area contributed by atoms with Crippen molar-refractivity contribution in [1.29, 1.82) is 0 Å². The van der Waals surface area contributed by atoms with E-state index in [0.29, 0.717) is 17.9 Å². The summed E-state index contributed by atoms with van der Waals surface area (Å²) in [6.45, 7) is 5.88. The maximum atomic E-state index is 5.75. The molecule has 2 unspecified atom stereocenters. The summed E-state index contributed by atoms with van der Waals surface area (Å²) >= 11 is 0. The van der Waals surface area contributed by atoms with Crippen LogP contribution in [0.4, 0.5) is 5.82 Å². The Kier molecular flexibility index (Phi) is 4.63. The fourth-order valence-electron chi connectivity index (χ4n) is 5.10. The van der Waals surface area contributed by atoms with Crippen LogP contribution in [-0.2, 0) is 4.74 Å². The van der Waals surface area contributed by atoms with E-state index < -0.39 is 0 Å². The van der Waals surface area contributed by atoms with Crippen LogP contribution in [0.1, 0.15) is 24.0 Å². The maximum absolute atomic E-state index is 5.75. The molecule has 1 aromatic heterocycles. The second kappa shape index (κ2) is 7.30. The van der Waals surface area contributed by atoms with Crippen molar-refractivity contribution in [3.63, 3.8) is 0 Å². The monoisotopic (exact) mass is 389 g/mol. The van der Waals surface area contributed by atoms with Gasteiger partial charge in [-0.2, -0.15) is 0 Å². The van der Waals surface area contributed by atoms with Crippen LogP contribution in [0.15, 0.2) is 36.4 Å². The molecule has 2 fully saturated rings. The maximum Gasteiger partial charge on any atom is 0.156 e. The van der Waals surface area contributed by atoms with E-state index in [1.807, 2.05) is 0 Å². The molecule has 1 N–H and O–H groups in total. The molecule has 5 heteroatoms. The third kappa shape index (κ3) is 3.14. The number of benzene rings is 2. The first kappa shape index (κ1) is 18.4. The number of fused-ring (bicyclic) bond motifs is 3. The molecule has 150 valence electrons. The highest BCUT2D eigenvalue weighted by Crippen LogP contribution is 2.40. The van der Waals surface area contributed by atoms with Crippen LogP contribution in [0.5, 0.6) is 5.75 Å². The molecule has 5 rings (SSSR count). The van der Waals surface area contributed by atoms with E-state index in [-0.39, 0.29) is 0 Å². The molecular weight excluding hydrogens is 362 g/mol. The number of rotatable bonds is 4. The van der Waals surface area contributed by atoms with Gasteiger partial charge in [-0.25, -0.2) is 0 Å². The molecule has 29 heavy (non-hydrogen) atoms. The Morgan fingerprint density at radius 3 is 2.45 bits per heavy atom. The summed E-state index contributed by atoms with van der Waals surface area (Å²) in [5.41, 5.74) is 4.20. The fraction of sp³-hybridized carbons (Fsp3) is 0.417. The van der Waals surface area contributed by atoms with Gasteiger partial charge in [-0.15, -0.1) is 10.2 Å². The number of nitrogens with one attached hydrogen (secondary N) is 1. The third-order valence-corrected chi connectivity index (χ3v) is 6.48. The molecule has 2 atom stereocenters. The van der Waals surface area contributed by atoms with Crippen molar-refractivity contribution >= 4 is 16.6 Å². The smallest absolute Gasteiger partial charge is 0.156 e. The second-order valence-electron chi connectivity index (χ2n) is 8.41. The Bertz CT molecular complexity index is 1050. The molecule has 1 aliphatic carbocycles. The van der Waals surface area contributed by atoms with E-state index >= 15 is 0 Å². The van der Waals surface area contributed by atoms with Crippen molar-refractivity contribution in [2.24, 2.45) is 11.8 Å². The van der Waals surface area contributed by atoms with Gasteiger partial charge in [0.05, 0.1) is 20.3 Å².